The Morgan fingerprint density at radius 3 is 2.88 bits per heavy atom. The van der Waals surface area contributed by atoms with Crippen LogP contribution in [0.2, 0.25) is 0 Å². The minimum Gasteiger partial charge on any atom is -0.376 e. The molecule has 0 aliphatic carbocycles. The molecule has 1 fully saturated rings. The lowest BCUT2D eigenvalue weighted by molar-refractivity contribution is -0.0941. The maximum atomic E-state index is 5.97. The third kappa shape index (κ3) is 3.24. The monoisotopic (exact) mass is 241 g/mol. The summed E-state index contributed by atoms with van der Waals surface area (Å²) in [6, 6.07) is -0.208. The Morgan fingerprint density at radius 1 is 1.41 bits per heavy atom. The van der Waals surface area contributed by atoms with Gasteiger partial charge in [-0.15, -0.1) is 0 Å². The fourth-order valence-corrected chi connectivity index (χ4v) is 1.77. The van der Waals surface area contributed by atoms with Crippen LogP contribution in [0.4, 0.5) is 0 Å². The summed E-state index contributed by atoms with van der Waals surface area (Å²) < 4.78 is 15.9. The SMILES string of the molecule is CC(C)CC(N)c1nc(C2COCCO2)no1. The summed E-state index contributed by atoms with van der Waals surface area (Å²) >= 11 is 0. The zero-order chi connectivity index (χ0) is 12.3. The van der Waals surface area contributed by atoms with Gasteiger partial charge in [0.15, 0.2) is 0 Å². The van der Waals surface area contributed by atoms with Crippen LogP contribution in [0.1, 0.15) is 44.1 Å². The van der Waals surface area contributed by atoms with Gasteiger partial charge in [0.1, 0.15) is 6.10 Å². The van der Waals surface area contributed by atoms with Gasteiger partial charge >= 0.3 is 0 Å². The highest BCUT2D eigenvalue weighted by atomic mass is 16.6. The molecule has 2 unspecified atom stereocenters. The molecule has 1 aromatic rings. The molecule has 1 aromatic heterocycles. The number of aromatic nitrogens is 2. The third-order valence-electron chi connectivity index (χ3n) is 2.60. The lowest BCUT2D eigenvalue weighted by atomic mass is 10.0. The number of hydrogen-bond donors (Lipinski definition) is 1. The zero-order valence-electron chi connectivity index (χ0n) is 10.3. The number of rotatable bonds is 4. The first-order valence-electron chi connectivity index (χ1n) is 5.95. The average molecular weight is 241 g/mol. The van der Waals surface area contributed by atoms with E-state index in [-0.39, 0.29) is 12.1 Å². The molecular weight excluding hydrogens is 222 g/mol. The highest BCUT2D eigenvalue weighted by molar-refractivity contribution is 4.96. The maximum Gasteiger partial charge on any atom is 0.243 e. The molecule has 2 rings (SSSR count). The van der Waals surface area contributed by atoms with Crippen molar-refractivity contribution in [3.05, 3.63) is 11.7 Å². The Morgan fingerprint density at radius 2 is 2.24 bits per heavy atom. The highest BCUT2D eigenvalue weighted by Crippen LogP contribution is 2.21. The second kappa shape index (κ2) is 5.57. The van der Waals surface area contributed by atoms with Gasteiger partial charge in [-0.05, 0) is 12.3 Å². The van der Waals surface area contributed by atoms with Crippen LogP contribution in [0.3, 0.4) is 0 Å². The molecule has 6 heteroatoms. The van der Waals surface area contributed by atoms with Gasteiger partial charge in [-0.3, -0.25) is 0 Å². The summed E-state index contributed by atoms with van der Waals surface area (Å²) in [4.78, 5) is 4.28. The van der Waals surface area contributed by atoms with Gasteiger partial charge in [0.2, 0.25) is 11.7 Å². The van der Waals surface area contributed by atoms with Crippen LogP contribution in [0.25, 0.3) is 0 Å². The molecule has 17 heavy (non-hydrogen) atoms. The molecule has 0 aromatic carbocycles. The first-order valence-corrected chi connectivity index (χ1v) is 5.95. The average Bonchev–Trinajstić information content (AvgIpc) is 2.78. The van der Waals surface area contributed by atoms with Crippen molar-refractivity contribution in [2.75, 3.05) is 19.8 Å². The number of ether oxygens (including phenoxy) is 2. The van der Waals surface area contributed by atoms with Crippen LogP contribution >= 0.6 is 0 Å². The van der Waals surface area contributed by atoms with Crippen molar-refractivity contribution < 1.29 is 14.0 Å². The van der Waals surface area contributed by atoms with Gasteiger partial charge in [0.05, 0.1) is 25.9 Å². The standard InChI is InChI=1S/C11H19N3O3/c1-7(2)5-8(12)11-13-10(14-17-11)9-6-15-3-4-16-9/h7-9H,3-6,12H2,1-2H3. The lowest BCUT2D eigenvalue weighted by Crippen LogP contribution is -2.23. The van der Waals surface area contributed by atoms with E-state index in [0.29, 0.717) is 37.5 Å². The van der Waals surface area contributed by atoms with Gasteiger partial charge in [-0.1, -0.05) is 19.0 Å². The van der Waals surface area contributed by atoms with Gasteiger partial charge in [0, 0.05) is 0 Å². The molecule has 0 bridgehead atoms. The molecule has 6 nitrogen and oxygen atoms in total. The first-order chi connectivity index (χ1) is 8.16. The summed E-state index contributed by atoms with van der Waals surface area (Å²) in [5, 5.41) is 3.90. The van der Waals surface area contributed by atoms with E-state index in [0.717, 1.165) is 6.42 Å². The van der Waals surface area contributed by atoms with Crippen molar-refractivity contribution in [1.82, 2.24) is 10.1 Å². The van der Waals surface area contributed by atoms with Gasteiger partial charge in [0.25, 0.3) is 0 Å². The summed E-state index contributed by atoms with van der Waals surface area (Å²) in [7, 11) is 0. The normalized spacial score (nSPS) is 22.9. The largest absolute Gasteiger partial charge is 0.376 e. The molecule has 1 saturated heterocycles. The summed E-state index contributed by atoms with van der Waals surface area (Å²) in [6.07, 6.45) is 0.594. The molecule has 2 N–H and O–H groups in total. The van der Waals surface area contributed by atoms with E-state index < -0.39 is 0 Å². The van der Waals surface area contributed by atoms with Crippen LogP contribution in [-0.4, -0.2) is 30.0 Å². The fourth-order valence-electron chi connectivity index (χ4n) is 1.77. The van der Waals surface area contributed by atoms with E-state index in [1.807, 2.05) is 0 Å². The molecule has 96 valence electrons. The minimum absolute atomic E-state index is 0.208. The lowest BCUT2D eigenvalue weighted by Gasteiger charge is -2.19. The second-order valence-electron chi connectivity index (χ2n) is 4.66. The smallest absolute Gasteiger partial charge is 0.243 e. The molecule has 0 saturated carbocycles. The summed E-state index contributed by atoms with van der Waals surface area (Å²) in [5.41, 5.74) is 5.97. The molecule has 0 amide bonds. The topological polar surface area (TPSA) is 83.4 Å². The number of hydrogen-bond acceptors (Lipinski definition) is 6. The Labute approximate surface area is 100 Å². The molecule has 1 aliphatic heterocycles. The predicted octanol–water partition coefficient (Wildman–Crippen LogP) is 1.20. The van der Waals surface area contributed by atoms with E-state index in [4.69, 9.17) is 19.7 Å². The van der Waals surface area contributed by atoms with Crippen LogP contribution < -0.4 is 5.73 Å². The Hall–Kier alpha value is -0.980. The molecule has 0 spiro atoms. The second-order valence-corrected chi connectivity index (χ2v) is 4.66. The van der Waals surface area contributed by atoms with Crippen molar-refractivity contribution in [3.63, 3.8) is 0 Å². The van der Waals surface area contributed by atoms with E-state index >= 15 is 0 Å². The van der Waals surface area contributed by atoms with Crippen molar-refractivity contribution in [1.29, 1.82) is 0 Å². The maximum absolute atomic E-state index is 5.97. The Balaban J connectivity index is 1.99. The predicted molar refractivity (Wildman–Crippen MR) is 60.2 cm³/mol. The molecule has 2 heterocycles. The van der Waals surface area contributed by atoms with E-state index in [1.165, 1.54) is 0 Å². The van der Waals surface area contributed by atoms with Gasteiger partial charge in [-0.25, -0.2) is 0 Å². The summed E-state index contributed by atoms with van der Waals surface area (Å²) in [5.74, 6) is 1.50. The highest BCUT2D eigenvalue weighted by Gasteiger charge is 2.24. The number of nitrogens with zero attached hydrogens (tertiary/aromatic N) is 2. The van der Waals surface area contributed by atoms with Crippen LogP contribution in [0.15, 0.2) is 4.52 Å². The Kier molecular flexibility index (Phi) is 4.09. The van der Waals surface area contributed by atoms with E-state index in [9.17, 15) is 0 Å². The van der Waals surface area contributed by atoms with Crippen LogP contribution in [0.5, 0.6) is 0 Å². The van der Waals surface area contributed by atoms with E-state index in [1.54, 1.807) is 0 Å². The first kappa shape index (κ1) is 12.5. The molecule has 1 aliphatic rings. The number of nitrogens with two attached hydrogens (primary N) is 1. The van der Waals surface area contributed by atoms with Crippen molar-refractivity contribution in [3.8, 4) is 0 Å². The molecule has 2 atom stereocenters. The summed E-state index contributed by atoms with van der Waals surface area (Å²) in [6.45, 7) is 5.86. The zero-order valence-corrected chi connectivity index (χ0v) is 10.3. The van der Waals surface area contributed by atoms with Crippen molar-refractivity contribution in [2.45, 2.75) is 32.4 Å². The van der Waals surface area contributed by atoms with Crippen molar-refractivity contribution in [2.24, 2.45) is 11.7 Å². The fraction of sp³-hybridized carbons (Fsp3) is 0.818. The molecule has 0 radical (unpaired) electrons. The van der Waals surface area contributed by atoms with Crippen molar-refractivity contribution >= 4 is 0 Å². The van der Waals surface area contributed by atoms with Crippen LogP contribution in [-0.2, 0) is 9.47 Å². The molecular formula is C11H19N3O3. The van der Waals surface area contributed by atoms with E-state index in [2.05, 4.69) is 24.0 Å². The Bertz CT molecular complexity index is 347. The van der Waals surface area contributed by atoms with Gasteiger partial charge < -0.3 is 19.7 Å². The third-order valence-corrected chi connectivity index (χ3v) is 2.60. The van der Waals surface area contributed by atoms with Gasteiger partial charge in [-0.2, -0.15) is 4.98 Å². The minimum atomic E-state index is -0.229. The quantitative estimate of drug-likeness (QED) is 0.852. The van der Waals surface area contributed by atoms with Crippen LogP contribution in [0, 0.1) is 5.92 Å².